The number of aromatic nitrogens is 5. The van der Waals surface area contributed by atoms with Gasteiger partial charge < -0.3 is 15.4 Å². The highest BCUT2D eigenvalue weighted by Gasteiger charge is 2.29. The normalized spacial score (nSPS) is 11.4. The number of nitrogens with zero attached hydrogens (tertiary/aromatic N) is 5. The van der Waals surface area contributed by atoms with Crippen molar-refractivity contribution in [3.8, 4) is 17.0 Å². The molecule has 0 aliphatic carbocycles. The lowest BCUT2D eigenvalue weighted by molar-refractivity contribution is -0.153. The van der Waals surface area contributed by atoms with Gasteiger partial charge in [-0.2, -0.15) is 18.3 Å². The maximum atomic E-state index is 13.0. The van der Waals surface area contributed by atoms with E-state index in [2.05, 4.69) is 30.7 Å². The van der Waals surface area contributed by atoms with Gasteiger partial charge in [-0.1, -0.05) is 0 Å². The van der Waals surface area contributed by atoms with Gasteiger partial charge in [0, 0.05) is 24.4 Å². The fourth-order valence-corrected chi connectivity index (χ4v) is 3.59. The van der Waals surface area contributed by atoms with E-state index >= 15 is 0 Å². The standard InChI is InChI=1S/C24H22F3N7O3/c1-13-16(18-6-7-22-32-21(31-15(3)35)11-34(22)33-18)9-17(14(2)30-13)23(36)29-10-19-20(5-4-8-28-19)37-12-24(25,26)27/h4-9,11H,10,12H2,1-3H3,(H,29,36)(H,31,35). The van der Waals surface area contributed by atoms with Crippen LogP contribution in [-0.4, -0.2) is 49.2 Å². The van der Waals surface area contributed by atoms with Gasteiger partial charge in [0.1, 0.15) is 11.4 Å². The molecular formula is C24H22F3N7O3. The topological polar surface area (TPSA) is 123 Å². The summed E-state index contributed by atoms with van der Waals surface area (Å²) in [5.41, 5.74) is 3.15. The van der Waals surface area contributed by atoms with Crippen LogP contribution in [0.4, 0.5) is 19.0 Å². The van der Waals surface area contributed by atoms with Crippen LogP contribution in [0.2, 0.25) is 0 Å². The van der Waals surface area contributed by atoms with Crippen molar-refractivity contribution in [3.05, 3.63) is 65.4 Å². The van der Waals surface area contributed by atoms with E-state index in [1.54, 1.807) is 38.2 Å². The molecule has 0 aliphatic rings. The van der Waals surface area contributed by atoms with Crippen molar-refractivity contribution in [1.82, 2.24) is 29.9 Å². The molecule has 4 heterocycles. The van der Waals surface area contributed by atoms with E-state index in [0.29, 0.717) is 34.1 Å². The van der Waals surface area contributed by atoms with E-state index in [4.69, 9.17) is 4.74 Å². The molecule has 2 N–H and O–H groups in total. The van der Waals surface area contributed by atoms with E-state index in [9.17, 15) is 22.8 Å². The molecule has 0 radical (unpaired) electrons. The van der Waals surface area contributed by atoms with Crippen molar-refractivity contribution in [2.45, 2.75) is 33.5 Å². The molecule has 0 atom stereocenters. The van der Waals surface area contributed by atoms with Gasteiger partial charge in [0.2, 0.25) is 5.91 Å². The predicted octanol–water partition coefficient (Wildman–Crippen LogP) is 3.63. The number of amides is 2. The summed E-state index contributed by atoms with van der Waals surface area (Å²) >= 11 is 0. The largest absolute Gasteiger partial charge is 0.482 e. The Morgan fingerprint density at radius 2 is 1.89 bits per heavy atom. The second-order valence-corrected chi connectivity index (χ2v) is 8.12. The Bertz CT molecular complexity index is 1480. The Labute approximate surface area is 208 Å². The first-order chi connectivity index (χ1) is 17.5. The van der Waals surface area contributed by atoms with Gasteiger partial charge in [-0.05, 0) is 44.2 Å². The van der Waals surface area contributed by atoms with E-state index < -0.39 is 18.7 Å². The summed E-state index contributed by atoms with van der Waals surface area (Å²) < 4.78 is 44.0. The van der Waals surface area contributed by atoms with Crippen molar-refractivity contribution >= 4 is 23.3 Å². The number of fused-ring (bicyclic) bond motifs is 1. The lowest BCUT2D eigenvalue weighted by Crippen LogP contribution is -2.26. The number of rotatable bonds is 7. The maximum absolute atomic E-state index is 13.0. The number of aryl methyl sites for hydroxylation is 2. The molecule has 37 heavy (non-hydrogen) atoms. The number of alkyl halides is 3. The Morgan fingerprint density at radius 3 is 2.62 bits per heavy atom. The summed E-state index contributed by atoms with van der Waals surface area (Å²) in [5, 5.41) is 9.78. The van der Waals surface area contributed by atoms with Crippen LogP contribution in [0.3, 0.4) is 0 Å². The zero-order valence-electron chi connectivity index (χ0n) is 20.1. The molecule has 0 spiro atoms. The number of imidazole rings is 1. The van der Waals surface area contributed by atoms with Crippen LogP contribution in [0.15, 0.2) is 42.7 Å². The lowest BCUT2D eigenvalue weighted by atomic mass is 10.0. The summed E-state index contributed by atoms with van der Waals surface area (Å²) in [6.07, 6.45) is -1.54. The molecule has 0 fully saturated rings. The minimum atomic E-state index is -4.50. The number of hydrogen-bond acceptors (Lipinski definition) is 7. The Kier molecular flexibility index (Phi) is 7.05. The second kappa shape index (κ2) is 10.2. The summed E-state index contributed by atoms with van der Waals surface area (Å²) in [4.78, 5) is 37.1. The van der Waals surface area contributed by atoms with E-state index in [1.807, 2.05) is 0 Å². The SMILES string of the molecule is CC(=O)Nc1cn2nc(-c3cc(C(=O)NCc4ncccc4OCC(F)(F)F)c(C)nc3C)ccc2n1. The second-order valence-electron chi connectivity index (χ2n) is 8.12. The van der Waals surface area contributed by atoms with Gasteiger partial charge in [-0.25, -0.2) is 9.50 Å². The molecule has 0 unspecified atom stereocenters. The average Bonchev–Trinajstić information content (AvgIpc) is 3.22. The van der Waals surface area contributed by atoms with Gasteiger partial charge in [0.15, 0.2) is 18.1 Å². The number of hydrogen-bond donors (Lipinski definition) is 2. The number of carbonyl (C=O) groups is 2. The van der Waals surface area contributed by atoms with Gasteiger partial charge in [-0.3, -0.25) is 19.6 Å². The highest BCUT2D eigenvalue weighted by Crippen LogP contribution is 2.25. The highest BCUT2D eigenvalue weighted by molar-refractivity contribution is 5.96. The van der Waals surface area contributed by atoms with Crippen LogP contribution in [-0.2, 0) is 11.3 Å². The van der Waals surface area contributed by atoms with Crippen LogP contribution in [0.5, 0.6) is 5.75 Å². The summed E-state index contributed by atoms with van der Waals surface area (Å²) in [7, 11) is 0. The predicted molar refractivity (Wildman–Crippen MR) is 127 cm³/mol. The number of ether oxygens (including phenoxy) is 1. The summed E-state index contributed by atoms with van der Waals surface area (Å²) in [6, 6.07) is 7.88. The fraction of sp³-hybridized carbons (Fsp3) is 0.250. The molecule has 2 amide bonds. The van der Waals surface area contributed by atoms with Gasteiger partial charge >= 0.3 is 6.18 Å². The van der Waals surface area contributed by atoms with E-state index in [1.165, 1.54) is 29.8 Å². The monoisotopic (exact) mass is 513 g/mol. The molecule has 10 nitrogen and oxygen atoms in total. The van der Waals surface area contributed by atoms with Gasteiger partial charge in [0.25, 0.3) is 5.91 Å². The van der Waals surface area contributed by atoms with Crippen molar-refractivity contribution in [1.29, 1.82) is 0 Å². The first-order valence-corrected chi connectivity index (χ1v) is 11.0. The van der Waals surface area contributed by atoms with Crippen LogP contribution in [0.1, 0.15) is 34.4 Å². The number of carbonyl (C=O) groups excluding carboxylic acids is 2. The molecule has 0 aliphatic heterocycles. The minimum absolute atomic E-state index is 0.0731. The van der Waals surface area contributed by atoms with Gasteiger partial charge in [-0.15, -0.1) is 0 Å². The van der Waals surface area contributed by atoms with Crippen LogP contribution >= 0.6 is 0 Å². The van der Waals surface area contributed by atoms with Gasteiger partial charge in [0.05, 0.1) is 29.7 Å². The fourth-order valence-electron chi connectivity index (χ4n) is 3.59. The maximum Gasteiger partial charge on any atom is 0.422 e. The van der Waals surface area contributed by atoms with E-state index in [-0.39, 0.29) is 29.5 Å². The third-order valence-corrected chi connectivity index (χ3v) is 5.20. The molecule has 4 rings (SSSR count). The van der Waals surface area contributed by atoms with Crippen molar-refractivity contribution < 1.29 is 27.5 Å². The first-order valence-electron chi connectivity index (χ1n) is 11.0. The molecule has 4 aromatic heterocycles. The minimum Gasteiger partial charge on any atom is -0.482 e. The zero-order chi connectivity index (χ0) is 26.7. The number of anilines is 1. The van der Waals surface area contributed by atoms with Crippen LogP contribution in [0, 0.1) is 13.8 Å². The number of pyridine rings is 2. The smallest absolute Gasteiger partial charge is 0.422 e. The quantitative estimate of drug-likeness (QED) is 0.387. The molecule has 13 heteroatoms. The number of halogens is 3. The van der Waals surface area contributed by atoms with Crippen LogP contribution < -0.4 is 15.4 Å². The Morgan fingerprint density at radius 1 is 1.11 bits per heavy atom. The molecule has 4 aromatic rings. The zero-order valence-corrected chi connectivity index (χ0v) is 20.1. The van der Waals surface area contributed by atoms with E-state index in [0.717, 1.165) is 0 Å². The molecule has 0 bridgehead atoms. The highest BCUT2D eigenvalue weighted by atomic mass is 19.4. The van der Waals surface area contributed by atoms with Crippen LogP contribution in [0.25, 0.3) is 16.9 Å². The lowest BCUT2D eigenvalue weighted by Gasteiger charge is -2.14. The third kappa shape index (κ3) is 6.18. The summed E-state index contributed by atoms with van der Waals surface area (Å²) in [6.45, 7) is 3.22. The Balaban J connectivity index is 1.56. The summed E-state index contributed by atoms with van der Waals surface area (Å²) in [5.74, 6) is -0.474. The molecule has 0 saturated heterocycles. The number of nitrogens with one attached hydrogen (secondary N) is 2. The third-order valence-electron chi connectivity index (χ3n) is 5.20. The first kappa shape index (κ1) is 25.5. The average molecular weight is 513 g/mol. The van der Waals surface area contributed by atoms with Crippen molar-refractivity contribution in [3.63, 3.8) is 0 Å². The van der Waals surface area contributed by atoms with Crippen molar-refractivity contribution in [2.24, 2.45) is 0 Å². The molecular weight excluding hydrogens is 491 g/mol. The van der Waals surface area contributed by atoms with Crippen molar-refractivity contribution in [2.75, 3.05) is 11.9 Å². The Hall–Kier alpha value is -4.55. The molecule has 0 aromatic carbocycles. The molecule has 0 saturated carbocycles. The molecule has 192 valence electrons.